The van der Waals surface area contributed by atoms with Gasteiger partial charge in [-0.25, -0.2) is 4.79 Å². The third kappa shape index (κ3) is 4.36. The molecule has 0 saturated carbocycles. The van der Waals surface area contributed by atoms with Gasteiger partial charge in [-0.2, -0.15) is 9.61 Å². The van der Waals surface area contributed by atoms with Crippen LogP contribution in [0.1, 0.15) is 37.7 Å². The lowest BCUT2D eigenvalue weighted by Gasteiger charge is -2.19. The van der Waals surface area contributed by atoms with Gasteiger partial charge in [0.15, 0.2) is 11.5 Å². The molecule has 0 aliphatic heterocycles. The molecular formula is C19H24N6O. The van der Waals surface area contributed by atoms with E-state index in [4.69, 9.17) is 0 Å². The predicted octanol–water partition coefficient (Wildman–Crippen LogP) is 2.46. The first-order valence-corrected chi connectivity index (χ1v) is 8.70. The summed E-state index contributed by atoms with van der Waals surface area (Å²) >= 11 is 0. The minimum Gasteiger partial charge on any atom is -0.338 e. The molecule has 2 aromatic heterocycles. The molecule has 2 N–H and O–H groups in total. The second kappa shape index (κ2) is 7.51. The summed E-state index contributed by atoms with van der Waals surface area (Å²) in [6, 6.07) is 11.9. The van der Waals surface area contributed by atoms with Crippen molar-refractivity contribution >= 4 is 11.7 Å². The Morgan fingerprint density at radius 3 is 2.77 bits per heavy atom. The molecule has 0 fully saturated rings. The van der Waals surface area contributed by atoms with Crippen LogP contribution in [0.15, 0.2) is 42.6 Å². The van der Waals surface area contributed by atoms with E-state index in [0.717, 1.165) is 6.42 Å². The Morgan fingerprint density at radius 2 is 1.96 bits per heavy atom. The summed E-state index contributed by atoms with van der Waals surface area (Å²) in [4.78, 5) is 12.0. The number of nitrogens with one attached hydrogen (secondary N) is 2. The highest BCUT2D eigenvalue weighted by Crippen LogP contribution is 2.22. The average molecular weight is 352 g/mol. The Hall–Kier alpha value is -2.96. The summed E-state index contributed by atoms with van der Waals surface area (Å²) in [5, 5.41) is 17.9. The highest BCUT2D eigenvalue weighted by Gasteiger charge is 2.13. The van der Waals surface area contributed by atoms with E-state index in [1.165, 1.54) is 11.1 Å². The van der Waals surface area contributed by atoms with Crippen LogP contribution >= 0.6 is 0 Å². The molecule has 7 heteroatoms. The minimum atomic E-state index is -0.232. The summed E-state index contributed by atoms with van der Waals surface area (Å²) in [6.07, 6.45) is 2.44. The number of carbonyl (C=O) groups excluding carboxylic acids is 1. The number of carbonyl (C=O) groups is 1. The zero-order valence-electron chi connectivity index (χ0n) is 15.4. The summed E-state index contributed by atoms with van der Waals surface area (Å²) in [6.45, 7) is 7.42. The van der Waals surface area contributed by atoms with Gasteiger partial charge in [0.2, 0.25) is 0 Å². The fourth-order valence-electron chi connectivity index (χ4n) is 2.64. The highest BCUT2D eigenvalue weighted by atomic mass is 16.2. The maximum absolute atomic E-state index is 12.0. The Morgan fingerprint density at radius 1 is 1.12 bits per heavy atom. The van der Waals surface area contributed by atoms with Gasteiger partial charge in [-0.3, -0.25) is 0 Å². The summed E-state index contributed by atoms with van der Waals surface area (Å²) in [5.41, 5.74) is 3.29. The van der Waals surface area contributed by atoms with E-state index in [1.54, 1.807) is 16.8 Å². The molecule has 1 aromatic carbocycles. The van der Waals surface area contributed by atoms with E-state index in [2.05, 4.69) is 71.0 Å². The second-order valence-electron chi connectivity index (χ2n) is 7.22. The Labute approximate surface area is 152 Å². The summed E-state index contributed by atoms with van der Waals surface area (Å²) in [7, 11) is 0. The van der Waals surface area contributed by atoms with Crippen LogP contribution in [-0.4, -0.2) is 32.4 Å². The predicted molar refractivity (Wildman–Crippen MR) is 99.9 cm³/mol. The maximum atomic E-state index is 12.0. The molecule has 3 aromatic rings. The lowest BCUT2D eigenvalue weighted by molar-refractivity contribution is 0.240. The normalized spacial score (nSPS) is 11.5. The van der Waals surface area contributed by atoms with Crippen LogP contribution in [0.5, 0.6) is 0 Å². The van der Waals surface area contributed by atoms with Gasteiger partial charge in [0.05, 0.1) is 6.54 Å². The van der Waals surface area contributed by atoms with Crippen molar-refractivity contribution in [1.82, 2.24) is 30.4 Å². The molecular weight excluding hydrogens is 328 g/mol. The van der Waals surface area contributed by atoms with Crippen molar-refractivity contribution in [3.63, 3.8) is 0 Å². The quantitative estimate of drug-likeness (QED) is 0.739. The standard InChI is InChI=1S/C19H24N6O/c1-19(2,3)15-7-4-6-14(12-15)9-11-20-18(26)21-13-17-24-23-16-8-5-10-22-25(16)17/h4-8,10,12H,9,11,13H2,1-3H3,(H2,20,21,26). The van der Waals surface area contributed by atoms with Gasteiger partial charge in [0.1, 0.15) is 0 Å². The molecule has 7 nitrogen and oxygen atoms in total. The van der Waals surface area contributed by atoms with Gasteiger partial charge in [0, 0.05) is 12.7 Å². The van der Waals surface area contributed by atoms with Gasteiger partial charge in [-0.05, 0) is 35.1 Å². The molecule has 0 bridgehead atoms. The third-order valence-electron chi connectivity index (χ3n) is 4.14. The van der Waals surface area contributed by atoms with Crippen molar-refractivity contribution in [3.8, 4) is 0 Å². The highest BCUT2D eigenvalue weighted by molar-refractivity contribution is 5.73. The second-order valence-corrected chi connectivity index (χ2v) is 7.22. The van der Waals surface area contributed by atoms with Gasteiger partial charge in [-0.15, -0.1) is 10.2 Å². The van der Waals surface area contributed by atoms with Crippen molar-refractivity contribution in [3.05, 3.63) is 59.5 Å². The number of rotatable bonds is 5. The summed E-state index contributed by atoms with van der Waals surface area (Å²) < 4.78 is 1.61. The number of hydrogen-bond donors (Lipinski definition) is 2. The monoisotopic (exact) mass is 352 g/mol. The number of amides is 2. The summed E-state index contributed by atoms with van der Waals surface area (Å²) in [5.74, 6) is 0.591. The fraction of sp³-hybridized carbons (Fsp3) is 0.368. The zero-order chi connectivity index (χ0) is 18.6. The topological polar surface area (TPSA) is 84.2 Å². The number of aromatic nitrogens is 4. The fourth-order valence-corrected chi connectivity index (χ4v) is 2.64. The van der Waals surface area contributed by atoms with E-state index in [1.807, 2.05) is 6.07 Å². The molecule has 0 unspecified atom stereocenters. The number of urea groups is 1. The maximum Gasteiger partial charge on any atom is 0.315 e. The molecule has 0 spiro atoms. The average Bonchev–Trinajstić information content (AvgIpc) is 3.03. The zero-order valence-corrected chi connectivity index (χ0v) is 15.4. The number of benzene rings is 1. The van der Waals surface area contributed by atoms with Crippen molar-refractivity contribution in [2.24, 2.45) is 0 Å². The molecule has 0 aliphatic rings. The van der Waals surface area contributed by atoms with E-state index in [9.17, 15) is 4.79 Å². The van der Waals surface area contributed by atoms with E-state index in [0.29, 0.717) is 18.0 Å². The largest absolute Gasteiger partial charge is 0.338 e. The van der Waals surface area contributed by atoms with Crippen molar-refractivity contribution < 1.29 is 4.79 Å². The number of fused-ring (bicyclic) bond motifs is 1. The van der Waals surface area contributed by atoms with Crippen molar-refractivity contribution in [2.45, 2.75) is 39.2 Å². The Balaban J connectivity index is 1.47. The third-order valence-corrected chi connectivity index (χ3v) is 4.14. The van der Waals surface area contributed by atoms with Gasteiger partial charge >= 0.3 is 6.03 Å². The van der Waals surface area contributed by atoms with Crippen LogP contribution in [-0.2, 0) is 18.4 Å². The van der Waals surface area contributed by atoms with Crippen LogP contribution in [0.4, 0.5) is 4.79 Å². The molecule has 136 valence electrons. The molecule has 26 heavy (non-hydrogen) atoms. The SMILES string of the molecule is CC(C)(C)c1cccc(CCNC(=O)NCc2nnc3cccnn23)c1. The molecule has 2 heterocycles. The Kier molecular flexibility index (Phi) is 5.16. The van der Waals surface area contributed by atoms with Crippen LogP contribution < -0.4 is 10.6 Å². The number of nitrogens with zero attached hydrogens (tertiary/aromatic N) is 4. The van der Waals surface area contributed by atoms with E-state index in [-0.39, 0.29) is 18.0 Å². The van der Waals surface area contributed by atoms with Crippen molar-refractivity contribution in [1.29, 1.82) is 0 Å². The van der Waals surface area contributed by atoms with Crippen LogP contribution in [0.2, 0.25) is 0 Å². The lowest BCUT2D eigenvalue weighted by Crippen LogP contribution is -2.36. The number of hydrogen-bond acceptors (Lipinski definition) is 4. The van der Waals surface area contributed by atoms with Crippen LogP contribution in [0, 0.1) is 0 Å². The van der Waals surface area contributed by atoms with Gasteiger partial charge < -0.3 is 10.6 Å². The first-order chi connectivity index (χ1) is 12.4. The minimum absolute atomic E-state index is 0.121. The molecule has 0 saturated heterocycles. The molecule has 2 amide bonds. The van der Waals surface area contributed by atoms with E-state index < -0.39 is 0 Å². The van der Waals surface area contributed by atoms with Crippen molar-refractivity contribution in [2.75, 3.05) is 6.54 Å². The van der Waals surface area contributed by atoms with E-state index >= 15 is 0 Å². The first-order valence-electron chi connectivity index (χ1n) is 8.70. The van der Waals surface area contributed by atoms with Gasteiger partial charge in [-0.1, -0.05) is 45.0 Å². The lowest BCUT2D eigenvalue weighted by atomic mass is 9.86. The molecule has 0 atom stereocenters. The smallest absolute Gasteiger partial charge is 0.315 e. The van der Waals surface area contributed by atoms with Crippen LogP contribution in [0.3, 0.4) is 0 Å². The van der Waals surface area contributed by atoms with Gasteiger partial charge in [0.25, 0.3) is 0 Å². The Bertz CT molecular complexity index is 896. The molecule has 0 radical (unpaired) electrons. The molecule has 0 aliphatic carbocycles. The first kappa shape index (κ1) is 17.8. The van der Waals surface area contributed by atoms with Crippen LogP contribution in [0.25, 0.3) is 5.65 Å². The molecule has 3 rings (SSSR count).